The average molecular weight is 289 g/mol. The number of halogens is 2. The van der Waals surface area contributed by atoms with Crippen LogP contribution in [0.5, 0.6) is 0 Å². The smallest absolute Gasteiger partial charge is 0.251 e. The van der Waals surface area contributed by atoms with E-state index in [1.807, 2.05) is 0 Å². The highest BCUT2D eigenvalue weighted by Crippen LogP contribution is 2.22. The first-order chi connectivity index (χ1) is 8.58. The van der Waals surface area contributed by atoms with Gasteiger partial charge in [0.2, 0.25) is 0 Å². The van der Waals surface area contributed by atoms with Gasteiger partial charge in [-0.05, 0) is 31.4 Å². The summed E-state index contributed by atoms with van der Waals surface area (Å²) in [4.78, 5) is 15.8. The molecule has 0 spiro atoms. The fraction of sp³-hybridized carbons (Fsp3) is 0.500. The number of nitrogens with one attached hydrogen (secondary N) is 1. The van der Waals surface area contributed by atoms with Gasteiger partial charge in [0, 0.05) is 18.7 Å². The third-order valence-electron chi connectivity index (χ3n) is 3.08. The molecule has 0 radical (unpaired) electrons. The number of rotatable bonds is 3. The maximum Gasteiger partial charge on any atom is 0.251 e. The topological polar surface area (TPSA) is 51.2 Å². The van der Waals surface area contributed by atoms with Crippen molar-refractivity contribution in [3.05, 3.63) is 28.0 Å². The molecule has 2 atom stereocenters. The van der Waals surface area contributed by atoms with E-state index in [0.717, 1.165) is 19.3 Å². The van der Waals surface area contributed by atoms with Crippen molar-refractivity contribution in [1.29, 1.82) is 0 Å². The molecule has 0 aromatic carbocycles. The molecule has 1 heterocycles. The first kappa shape index (κ1) is 13.6. The molecule has 2 unspecified atom stereocenters. The van der Waals surface area contributed by atoms with Gasteiger partial charge in [-0.15, -0.1) is 0 Å². The van der Waals surface area contributed by atoms with Gasteiger partial charge in [-0.2, -0.15) is 0 Å². The molecular weight excluding hydrogens is 275 g/mol. The molecule has 6 heteroatoms. The molecule has 1 fully saturated rings. The molecule has 0 aliphatic heterocycles. The van der Waals surface area contributed by atoms with Gasteiger partial charge in [0.1, 0.15) is 10.3 Å². The molecule has 18 heavy (non-hydrogen) atoms. The van der Waals surface area contributed by atoms with Crippen molar-refractivity contribution in [1.82, 2.24) is 10.3 Å². The van der Waals surface area contributed by atoms with Crippen LogP contribution in [0.1, 0.15) is 29.6 Å². The highest BCUT2D eigenvalue weighted by Gasteiger charge is 2.26. The van der Waals surface area contributed by atoms with Crippen molar-refractivity contribution in [2.24, 2.45) is 0 Å². The first-order valence-electron chi connectivity index (χ1n) is 5.75. The van der Waals surface area contributed by atoms with Crippen molar-refractivity contribution in [2.75, 3.05) is 7.11 Å². The van der Waals surface area contributed by atoms with E-state index in [-0.39, 0.29) is 28.4 Å². The summed E-state index contributed by atoms with van der Waals surface area (Å²) in [5, 5.41) is 3.38. The largest absolute Gasteiger partial charge is 0.381 e. The highest BCUT2D eigenvalue weighted by molar-refractivity contribution is 6.33. The second-order valence-electron chi connectivity index (χ2n) is 4.34. The van der Waals surface area contributed by atoms with E-state index >= 15 is 0 Å². The van der Waals surface area contributed by atoms with Crippen molar-refractivity contribution < 1.29 is 9.53 Å². The monoisotopic (exact) mass is 288 g/mol. The maximum atomic E-state index is 12.0. The van der Waals surface area contributed by atoms with Crippen molar-refractivity contribution in [2.45, 2.75) is 31.4 Å². The summed E-state index contributed by atoms with van der Waals surface area (Å²) in [6.07, 6.45) is 2.98. The Kier molecular flexibility index (Phi) is 4.43. The lowest BCUT2D eigenvalue weighted by atomic mass is 10.2. The first-order valence-corrected chi connectivity index (χ1v) is 6.51. The van der Waals surface area contributed by atoms with Crippen LogP contribution in [0.2, 0.25) is 10.3 Å². The van der Waals surface area contributed by atoms with Crippen molar-refractivity contribution >= 4 is 29.1 Å². The second-order valence-corrected chi connectivity index (χ2v) is 5.12. The van der Waals surface area contributed by atoms with Gasteiger partial charge in [0.25, 0.3) is 5.91 Å². The summed E-state index contributed by atoms with van der Waals surface area (Å²) in [7, 11) is 1.69. The zero-order chi connectivity index (χ0) is 13.1. The Balaban J connectivity index is 1.99. The minimum atomic E-state index is -0.178. The van der Waals surface area contributed by atoms with Crippen LogP contribution in [0.4, 0.5) is 0 Å². The molecule has 1 aliphatic rings. The number of pyridine rings is 1. The Bertz CT molecular complexity index is 433. The predicted molar refractivity (Wildman–Crippen MR) is 70.2 cm³/mol. The van der Waals surface area contributed by atoms with Crippen LogP contribution in [0.15, 0.2) is 12.1 Å². The Hall–Kier alpha value is -0.840. The van der Waals surface area contributed by atoms with Crippen molar-refractivity contribution in [3.63, 3.8) is 0 Å². The SMILES string of the molecule is COC1CCC(NC(=O)c2cc(Cl)nc(Cl)c2)C1. The molecule has 4 nitrogen and oxygen atoms in total. The number of carbonyl (C=O) groups excluding carboxylic acids is 1. The lowest BCUT2D eigenvalue weighted by Crippen LogP contribution is -2.33. The van der Waals surface area contributed by atoms with Gasteiger partial charge < -0.3 is 10.1 Å². The van der Waals surface area contributed by atoms with Gasteiger partial charge in [-0.1, -0.05) is 23.2 Å². The van der Waals surface area contributed by atoms with Gasteiger partial charge >= 0.3 is 0 Å². The third kappa shape index (κ3) is 3.34. The normalized spacial score (nSPS) is 23.1. The number of carbonyl (C=O) groups is 1. The van der Waals surface area contributed by atoms with Gasteiger partial charge in [0.15, 0.2) is 0 Å². The number of hydrogen-bond acceptors (Lipinski definition) is 3. The van der Waals surface area contributed by atoms with Gasteiger partial charge in [-0.3, -0.25) is 4.79 Å². The lowest BCUT2D eigenvalue weighted by molar-refractivity contribution is 0.0915. The Morgan fingerprint density at radius 3 is 2.61 bits per heavy atom. The van der Waals surface area contributed by atoms with E-state index in [0.29, 0.717) is 5.56 Å². The molecule has 2 rings (SSSR count). The molecule has 0 saturated heterocycles. The van der Waals surface area contributed by atoms with Crippen LogP contribution in [0.25, 0.3) is 0 Å². The second kappa shape index (κ2) is 5.87. The van der Waals surface area contributed by atoms with Gasteiger partial charge in [0.05, 0.1) is 6.10 Å². The highest BCUT2D eigenvalue weighted by atomic mass is 35.5. The van der Waals surface area contributed by atoms with E-state index in [1.165, 1.54) is 12.1 Å². The minimum absolute atomic E-state index is 0.146. The summed E-state index contributed by atoms with van der Waals surface area (Å²) >= 11 is 11.5. The van der Waals surface area contributed by atoms with Crippen LogP contribution in [-0.2, 0) is 4.74 Å². The molecule has 1 aromatic rings. The quantitative estimate of drug-likeness (QED) is 0.870. The summed E-state index contributed by atoms with van der Waals surface area (Å²) < 4.78 is 5.26. The number of aromatic nitrogens is 1. The number of nitrogens with zero attached hydrogens (tertiary/aromatic N) is 1. The zero-order valence-corrected chi connectivity index (χ0v) is 11.5. The summed E-state index contributed by atoms with van der Waals surface area (Å²) in [5.41, 5.74) is 0.431. The molecule has 1 N–H and O–H groups in total. The molecule has 98 valence electrons. The Morgan fingerprint density at radius 2 is 2.06 bits per heavy atom. The van der Waals surface area contributed by atoms with Gasteiger partial charge in [-0.25, -0.2) is 4.98 Å². The van der Waals surface area contributed by atoms with Crippen LogP contribution >= 0.6 is 23.2 Å². The van der Waals surface area contributed by atoms with E-state index in [4.69, 9.17) is 27.9 Å². The predicted octanol–water partition coefficient (Wildman–Crippen LogP) is 2.69. The third-order valence-corrected chi connectivity index (χ3v) is 3.47. The van der Waals surface area contributed by atoms with E-state index in [9.17, 15) is 4.79 Å². The summed E-state index contributed by atoms with van der Waals surface area (Å²) in [5.74, 6) is -0.178. The number of hydrogen-bond donors (Lipinski definition) is 1. The fourth-order valence-corrected chi connectivity index (χ4v) is 2.61. The minimum Gasteiger partial charge on any atom is -0.381 e. The van der Waals surface area contributed by atoms with E-state index in [1.54, 1.807) is 7.11 Å². The number of amides is 1. The maximum absolute atomic E-state index is 12.0. The van der Waals surface area contributed by atoms with E-state index < -0.39 is 0 Å². The molecule has 1 saturated carbocycles. The van der Waals surface area contributed by atoms with E-state index in [2.05, 4.69) is 10.3 Å². The van der Waals surface area contributed by atoms with Crippen molar-refractivity contribution in [3.8, 4) is 0 Å². The van der Waals surface area contributed by atoms with Crippen LogP contribution in [0.3, 0.4) is 0 Å². The number of methoxy groups -OCH3 is 1. The Labute approximate surface area is 116 Å². The zero-order valence-electron chi connectivity index (χ0n) is 9.95. The molecular formula is C12H14Cl2N2O2. The molecule has 0 bridgehead atoms. The van der Waals surface area contributed by atoms with Crippen LogP contribution < -0.4 is 5.32 Å². The molecule has 1 aliphatic carbocycles. The van der Waals surface area contributed by atoms with Crippen LogP contribution in [-0.4, -0.2) is 30.1 Å². The summed E-state index contributed by atoms with van der Waals surface area (Å²) in [6, 6.07) is 3.16. The lowest BCUT2D eigenvalue weighted by Gasteiger charge is -2.13. The Morgan fingerprint density at radius 1 is 1.39 bits per heavy atom. The standard InChI is InChI=1S/C12H14Cl2N2O2/c1-18-9-3-2-8(6-9)15-12(17)7-4-10(13)16-11(14)5-7/h4-5,8-9H,2-3,6H2,1H3,(H,15,17). The number of ether oxygens (including phenoxy) is 1. The van der Waals surface area contributed by atoms with Crippen LogP contribution in [0, 0.1) is 0 Å². The summed E-state index contributed by atoms with van der Waals surface area (Å²) in [6.45, 7) is 0. The average Bonchev–Trinajstić information content (AvgIpc) is 2.75. The molecule has 1 amide bonds. The fourth-order valence-electron chi connectivity index (χ4n) is 2.15. The molecule has 1 aromatic heterocycles.